The second kappa shape index (κ2) is 6.39. The van der Waals surface area contributed by atoms with Crippen LogP contribution in [-0.2, 0) is 11.2 Å². The molecule has 0 spiro atoms. The van der Waals surface area contributed by atoms with E-state index in [1.165, 1.54) is 6.33 Å². The highest BCUT2D eigenvalue weighted by Crippen LogP contribution is 2.27. The lowest BCUT2D eigenvalue weighted by molar-refractivity contribution is -0.116. The average Bonchev–Trinajstić information content (AvgIpc) is 2.90. The largest absolute Gasteiger partial charge is 0.486 e. The van der Waals surface area contributed by atoms with Crippen molar-refractivity contribution in [2.75, 3.05) is 5.32 Å². The number of para-hydroxylation sites is 2. The predicted octanol–water partition coefficient (Wildman–Crippen LogP) is 2.55. The van der Waals surface area contributed by atoms with Gasteiger partial charge in [-0.15, -0.1) is 0 Å². The number of ether oxygens (including phenoxy) is 1. The molecule has 0 saturated heterocycles. The van der Waals surface area contributed by atoms with Gasteiger partial charge in [-0.25, -0.2) is 4.98 Å². The number of amides is 1. The van der Waals surface area contributed by atoms with Crippen LogP contribution in [0.4, 0.5) is 5.69 Å². The van der Waals surface area contributed by atoms with Crippen molar-refractivity contribution in [3.05, 3.63) is 36.4 Å². The van der Waals surface area contributed by atoms with Gasteiger partial charge in [0.2, 0.25) is 5.91 Å². The molecule has 21 heavy (non-hydrogen) atoms. The molecule has 2 rings (SSSR count). The van der Waals surface area contributed by atoms with Crippen LogP contribution in [0.2, 0.25) is 0 Å². The molecule has 0 saturated carbocycles. The van der Waals surface area contributed by atoms with Crippen molar-refractivity contribution in [3.8, 4) is 5.75 Å². The zero-order valence-electron chi connectivity index (χ0n) is 12.5. The molecule has 0 fully saturated rings. The Bertz CT molecular complexity index is 588. The minimum Gasteiger partial charge on any atom is -0.486 e. The maximum atomic E-state index is 12.0. The van der Waals surface area contributed by atoms with E-state index in [4.69, 9.17) is 4.74 Å². The molecule has 0 aliphatic heterocycles. The van der Waals surface area contributed by atoms with Crippen LogP contribution >= 0.6 is 0 Å². The second-order valence-corrected chi connectivity index (χ2v) is 5.69. The molecule has 6 nitrogen and oxygen atoms in total. The Labute approximate surface area is 123 Å². The van der Waals surface area contributed by atoms with E-state index in [9.17, 15) is 4.79 Å². The number of aryl methyl sites for hydroxylation is 1. The van der Waals surface area contributed by atoms with Crippen molar-refractivity contribution in [2.45, 2.75) is 39.2 Å². The Morgan fingerprint density at radius 1 is 1.33 bits per heavy atom. The van der Waals surface area contributed by atoms with Crippen molar-refractivity contribution in [1.29, 1.82) is 0 Å². The van der Waals surface area contributed by atoms with E-state index < -0.39 is 0 Å². The molecule has 0 aliphatic rings. The van der Waals surface area contributed by atoms with Gasteiger partial charge in [0.05, 0.1) is 5.69 Å². The number of rotatable bonds is 5. The van der Waals surface area contributed by atoms with E-state index >= 15 is 0 Å². The molecule has 0 bridgehead atoms. The van der Waals surface area contributed by atoms with E-state index in [2.05, 4.69) is 20.5 Å². The first-order valence-electron chi connectivity index (χ1n) is 6.86. The number of anilines is 1. The quantitative estimate of drug-likeness (QED) is 0.886. The maximum Gasteiger partial charge on any atom is 0.224 e. The van der Waals surface area contributed by atoms with Crippen molar-refractivity contribution < 1.29 is 9.53 Å². The first-order valence-corrected chi connectivity index (χ1v) is 6.86. The van der Waals surface area contributed by atoms with Gasteiger partial charge in [0.1, 0.15) is 23.5 Å². The number of carbonyl (C=O) groups excluding carboxylic acids is 1. The summed E-state index contributed by atoms with van der Waals surface area (Å²) in [4.78, 5) is 16.0. The minimum absolute atomic E-state index is 0.0867. The molecule has 1 aromatic carbocycles. The number of H-pyrrole nitrogens is 1. The third kappa shape index (κ3) is 4.91. The van der Waals surface area contributed by atoms with E-state index in [1.807, 2.05) is 45.0 Å². The van der Waals surface area contributed by atoms with Gasteiger partial charge in [0, 0.05) is 12.8 Å². The van der Waals surface area contributed by atoms with E-state index in [0.717, 1.165) is 0 Å². The second-order valence-electron chi connectivity index (χ2n) is 5.69. The summed E-state index contributed by atoms with van der Waals surface area (Å²) < 4.78 is 5.84. The molecule has 1 amide bonds. The lowest BCUT2D eigenvalue weighted by Gasteiger charge is -2.23. The molecule has 6 heteroatoms. The lowest BCUT2D eigenvalue weighted by Crippen LogP contribution is -2.24. The third-order valence-corrected chi connectivity index (χ3v) is 2.63. The molecule has 112 valence electrons. The van der Waals surface area contributed by atoms with Gasteiger partial charge >= 0.3 is 0 Å². The number of nitrogens with zero attached hydrogens (tertiary/aromatic N) is 2. The fraction of sp³-hybridized carbons (Fsp3) is 0.400. The summed E-state index contributed by atoms with van der Waals surface area (Å²) in [6, 6.07) is 7.41. The Hall–Kier alpha value is -2.37. The monoisotopic (exact) mass is 288 g/mol. The summed E-state index contributed by atoms with van der Waals surface area (Å²) in [6.45, 7) is 5.90. The van der Waals surface area contributed by atoms with Gasteiger partial charge in [-0.1, -0.05) is 12.1 Å². The van der Waals surface area contributed by atoms with Crippen LogP contribution in [0, 0.1) is 0 Å². The van der Waals surface area contributed by atoms with E-state index in [1.54, 1.807) is 0 Å². The summed E-state index contributed by atoms with van der Waals surface area (Å²) in [5, 5.41) is 9.35. The highest BCUT2D eigenvalue weighted by atomic mass is 16.5. The van der Waals surface area contributed by atoms with Crippen LogP contribution in [0.5, 0.6) is 5.75 Å². The minimum atomic E-state index is -0.319. The highest BCUT2D eigenvalue weighted by molar-refractivity contribution is 5.92. The van der Waals surface area contributed by atoms with Gasteiger partial charge in [-0.2, -0.15) is 5.10 Å². The summed E-state index contributed by atoms with van der Waals surface area (Å²) >= 11 is 0. The molecule has 0 radical (unpaired) electrons. The van der Waals surface area contributed by atoms with Gasteiger partial charge in [0.25, 0.3) is 0 Å². The van der Waals surface area contributed by atoms with Crippen molar-refractivity contribution in [3.63, 3.8) is 0 Å². The van der Waals surface area contributed by atoms with Crippen molar-refractivity contribution in [1.82, 2.24) is 15.2 Å². The van der Waals surface area contributed by atoms with Gasteiger partial charge in [-0.3, -0.25) is 9.89 Å². The molecular formula is C15H20N4O2. The van der Waals surface area contributed by atoms with Gasteiger partial charge in [0.15, 0.2) is 0 Å². The van der Waals surface area contributed by atoms with Crippen molar-refractivity contribution >= 4 is 11.6 Å². The molecule has 0 atom stereocenters. The Morgan fingerprint density at radius 3 is 2.76 bits per heavy atom. The summed E-state index contributed by atoms with van der Waals surface area (Å²) in [7, 11) is 0. The molecule has 2 aromatic rings. The number of hydrogen-bond donors (Lipinski definition) is 2. The van der Waals surface area contributed by atoms with Crippen LogP contribution in [-0.4, -0.2) is 26.7 Å². The van der Waals surface area contributed by atoms with E-state index in [-0.39, 0.29) is 11.5 Å². The fourth-order valence-corrected chi connectivity index (χ4v) is 1.78. The fourth-order valence-electron chi connectivity index (χ4n) is 1.78. The maximum absolute atomic E-state index is 12.0. The smallest absolute Gasteiger partial charge is 0.224 e. The standard InChI is InChI=1S/C15H20N4O2/c1-15(2,3)21-12-7-5-4-6-11(12)18-14(20)9-8-13-16-10-17-19-13/h4-7,10H,8-9H2,1-3H3,(H,18,20)(H,16,17,19). The Balaban J connectivity index is 1.97. The predicted molar refractivity (Wildman–Crippen MR) is 80.2 cm³/mol. The molecule has 0 aliphatic carbocycles. The zero-order valence-corrected chi connectivity index (χ0v) is 12.5. The topological polar surface area (TPSA) is 79.9 Å². The first kappa shape index (κ1) is 15.0. The summed E-state index contributed by atoms with van der Waals surface area (Å²) in [5.41, 5.74) is 0.357. The summed E-state index contributed by atoms with van der Waals surface area (Å²) in [6.07, 6.45) is 2.28. The van der Waals surface area contributed by atoms with Crippen LogP contribution in [0.25, 0.3) is 0 Å². The van der Waals surface area contributed by atoms with E-state index in [0.29, 0.717) is 30.1 Å². The van der Waals surface area contributed by atoms with Crippen LogP contribution in [0.3, 0.4) is 0 Å². The van der Waals surface area contributed by atoms with Crippen LogP contribution in [0.1, 0.15) is 33.0 Å². The Morgan fingerprint density at radius 2 is 2.10 bits per heavy atom. The van der Waals surface area contributed by atoms with Crippen LogP contribution in [0.15, 0.2) is 30.6 Å². The number of hydrogen-bond acceptors (Lipinski definition) is 4. The molecule has 2 N–H and O–H groups in total. The zero-order chi connectivity index (χ0) is 15.3. The first-order chi connectivity index (χ1) is 9.94. The third-order valence-electron chi connectivity index (χ3n) is 2.63. The number of carbonyl (C=O) groups is 1. The van der Waals surface area contributed by atoms with Crippen LogP contribution < -0.4 is 10.1 Å². The van der Waals surface area contributed by atoms with Crippen molar-refractivity contribution in [2.24, 2.45) is 0 Å². The number of nitrogens with one attached hydrogen (secondary N) is 2. The molecule has 1 aromatic heterocycles. The number of benzene rings is 1. The number of aromatic amines is 1. The Kier molecular flexibility index (Phi) is 4.57. The normalized spacial score (nSPS) is 11.2. The molecule has 1 heterocycles. The number of aromatic nitrogens is 3. The molecule has 0 unspecified atom stereocenters. The van der Waals surface area contributed by atoms with Gasteiger partial charge < -0.3 is 10.1 Å². The highest BCUT2D eigenvalue weighted by Gasteiger charge is 2.15. The molecular weight excluding hydrogens is 268 g/mol. The summed E-state index contributed by atoms with van der Waals surface area (Å²) in [5.74, 6) is 1.28. The average molecular weight is 288 g/mol. The SMILES string of the molecule is CC(C)(C)Oc1ccccc1NC(=O)CCc1ncn[nH]1. The lowest BCUT2D eigenvalue weighted by atomic mass is 10.2. The van der Waals surface area contributed by atoms with Gasteiger partial charge in [-0.05, 0) is 32.9 Å².